The molecule has 2 saturated heterocycles. The summed E-state index contributed by atoms with van der Waals surface area (Å²) in [5.41, 5.74) is 0.869. The summed E-state index contributed by atoms with van der Waals surface area (Å²) in [5.74, 6) is -0.284. The topological polar surface area (TPSA) is 61.8 Å². The fourth-order valence-electron chi connectivity index (χ4n) is 2.85. The van der Waals surface area contributed by atoms with Gasteiger partial charge in [0.1, 0.15) is 11.9 Å². The zero-order chi connectivity index (χ0) is 14.8. The first-order chi connectivity index (χ1) is 10.1. The standard InChI is InChI=1S/C15H19FN2O3/c16-11-3-1-10(2-4-11)14-9-18(5-6-21-14)15(20)13-7-12(19)8-17-13/h1-4,12-14,17,19H,5-9H2. The van der Waals surface area contributed by atoms with E-state index in [0.717, 1.165) is 5.56 Å². The number of rotatable bonds is 2. The van der Waals surface area contributed by atoms with Crippen LogP contribution in [0.15, 0.2) is 24.3 Å². The molecule has 1 aromatic rings. The molecular formula is C15H19FN2O3. The van der Waals surface area contributed by atoms with Crippen LogP contribution in [0.3, 0.4) is 0 Å². The van der Waals surface area contributed by atoms with E-state index in [1.165, 1.54) is 12.1 Å². The first-order valence-electron chi connectivity index (χ1n) is 7.21. The van der Waals surface area contributed by atoms with Crippen molar-refractivity contribution in [3.05, 3.63) is 35.6 Å². The van der Waals surface area contributed by atoms with Gasteiger partial charge in [-0.15, -0.1) is 0 Å². The second-order valence-electron chi connectivity index (χ2n) is 5.55. The first kappa shape index (κ1) is 14.4. The minimum absolute atomic E-state index is 0.00182. The van der Waals surface area contributed by atoms with Gasteiger partial charge < -0.3 is 20.1 Å². The van der Waals surface area contributed by atoms with Crippen LogP contribution >= 0.6 is 0 Å². The minimum atomic E-state index is -0.451. The Morgan fingerprint density at radius 3 is 2.81 bits per heavy atom. The summed E-state index contributed by atoms with van der Waals surface area (Å²) in [5, 5.41) is 12.5. The van der Waals surface area contributed by atoms with Gasteiger partial charge in [-0.05, 0) is 24.1 Å². The van der Waals surface area contributed by atoms with E-state index in [1.807, 2.05) is 0 Å². The van der Waals surface area contributed by atoms with Gasteiger partial charge in [0.15, 0.2) is 0 Å². The van der Waals surface area contributed by atoms with Crippen molar-refractivity contribution in [2.75, 3.05) is 26.2 Å². The van der Waals surface area contributed by atoms with Crippen molar-refractivity contribution >= 4 is 5.91 Å². The van der Waals surface area contributed by atoms with E-state index >= 15 is 0 Å². The van der Waals surface area contributed by atoms with Crippen molar-refractivity contribution in [2.45, 2.75) is 24.7 Å². The Morgan fingerprint density at radius 1 is 1.38 bits per heavy atom. The fraction of sp³-hybridized carbons (Fsp3) is 0.533. The predicted octanol–water partition coefficient (Wildman–Crippen LogP) is 0.448. The molecule has 3 rings (SSSR count). The number of hydrogen-bond donors (Lipinski definition) is 2. The first-order valence-corrected chi connectivity index (χ1v) is 7.21. The maximum atomic E-state index is 13.0. The van der Waals surface area contributed by atoms with Gasteiger partial charge >= 0.3 is 0 Å². The number of nitrogens with one attached hydrogen (secondary N) is 1. The summed E-state index contributed by atoms with van der Waals surface area (Å²) >= 11 is 0. The lowest BCUT2D eigenvalue weighted by atomic mass is 10.1. The van der Waals surface area contributed by atoms with Crippen LogP contribution in [0.4, 0.5) is 4.39 Å². The Bertz CT molecular complexity index is 508. The predicted molar refractivity (Wildman–Crippen MR) is 74.1 cm³/mol. The number of aliphatic hydroxyl groups excluding tert-OH is 1. The lowest BCUT2D eigenvalue weighted by Gasteiger charge is -2.34. The Kier molecular flexibility index (Phi) is 4.19. The molecule has 2 aliphatic heterocycles. The molecule has 0 aliphatic carbocycles. The van der Waals surface area contributed by atoms with Gasteiger partial charge in [-0.25, -0.2) is 4.39 Å². The second-order valence-corrected chi connectivity index (χ2v) is 5.55. The van der Waals surface area contributed by atoms with Crippen LogP contribution in [-0.2, 0) is 9.53 Å². The third-order valence-electron chi connectivity index (χ3n) is 4.03. The van der Waals surface area contributed by atoms with Crippen molar-refractivity contribution in [3.8, 4) is 0 Å². The molecule has 0 spiro atoms. The SMILES string of the molecule is O=C(C1CC(O)CN1)N1CCOC(c2ccc(F)cc2)C1. The number of amides is 1. The fourth-order valence-corrected chi connectivity index (χ4v) is 2.85. The summed E-state index contributed by atoms with van der Waals surface area (Å²) in [6.07, 6.45) is -0.222. The Hall–Kier alpha value is -1.50. The molecule has 0 saturated carbocycles. The molecule has 2 fully saturated rings. The molecule has 1 aromatic carbocycles. The molecule has 2 aliphatic rings. The van der Waals surface area contributed by atoms with Gasteiger partial charge in [0, 0.05) is 13.1 Å². The normalized spacial score (nSPS) is 29.6. The molecule has 3 atom stereocenters. The average molecular weight is 294 g/mol. The number of carbonyl (C=O) groups is 1. The third-order valence-corrected chi connectivity index (χ3v) is 4.03. The van der Waals surface area contributed by atoms with Gasteiger partial charge in [-0.2, -0.15) is 0 Å². The van der Waals surface area contributed by atoms with Crippen LogP contribution in [-0.4, -0.2) is 54.3 Å². The summed E-state index contributed by atoms with van der Waals surface area (Å²) in [4.78, 5) is 14.2. The maximum Gasteiger partial charge on any atom is 0.239 e. The van der Waals surface area contributed by atoms with E-state index in [-0.39, 0.29) is 23.9 Å². The van der Waals surface area contributed by atoms with Gasteiger partial charge in [-0.1, -0.05) is 12.1 Å². The van der Waals surface area contributed by atoms with E-state index < -0.39 is 6.10 Å². The Balaban J connectivity index is 1.65. The number of carbonyl (C=O) groups excluding carboxylic acids is 1. The zero-order valence-electron chi connectivity index (χ0n) is 11.7. The summed E-state index contributed by atoms with van der Waals surface area (Å²) < 4.78 is 18.6. The maximum absolute atomic E-state index is 13.0. The van der Waals surface area contributed by atoms with Crippen molar-refractivity contribution in [1.82, 2.24) is 10.2 Å². The summed E-state index contributed by atoms with van der Waals surface area (Å²) in [6, 6.07) is 5.85. The highest BCUT2D eigenvalue weighted by Gasteiger charge is 2.34. The van der Waals surface area contributed by atoms with Crippen molar-refractivity contribution < 1.29 is 19.0 Å². The number of hydrogen-bond acceptors (Lipinski definition) is 4. The van der Waals surface area contributed by atoms with Gasteiger partial charge in [0.2, 0.25) is 5.91 Å². The molecule has 0 radical (unpaired) electrons. The van der Waals surface area contributed by atoms with Crippen molar-refractivity contribution in [2.24, 2.45) is 0 Å². The molecular weight excluding hydrogens is 275 g/mol. The van der Waals surface area contributed by atoms with E-state index in [0.29, 0.717) is 32.7 Å². The average Bonchev–Trinajstić information content (AvgIpc) is 2.94. The Morgan fingerprint density at radius 2 is 2.14 bits per heavy atom. The van der Waals surface area contributed by atoms with Crippen LogP contribution < -0.4 is 5.32 Å². The highest BCUT2D eigenvalue weighted by molar-refractivity contribution is 5.82. The number of morpholine rings is 1. The van der Waals surface area contributed by atoms with E-state index in [1.54, 1.807) is 17.0 Å². The van der Waals surface area contributed by atoms with E-state index in [2.05, 4.69) is 5.32 Å². The van der Waals surface area contributed by atoms with Crippen molar-refractivity contribution in [3.63, 3.8) is 0 Å². The highest BCUT2D eigenvalue weighted by Crippen LogP contribution is 2.23. The molecule has 0 bridgehead atoms. The molecule has 3 unspecified atom stereocenters. The molecule has 2 heterocycles. The minimum Gasteiger partial charge on any atom is -0.392 e. The molecule has 2 N–H and O–H groups in total. The van der Waals surface area contributed by atoms with Crippen molar-refractivity contribution in [1.29, 1.82) is 0 Å². The zero-order valence-corrected chi connectivity index (χ0v) is 11.7. The Labute approximate surface area is 122 Å². The number of benzene rings is 1. The number of β-amino-alcohol motifs (C(OH)–C–C–N with tert-alkyl or cyclic N) is 1. The van der Waals surface area contributed by atoms with E-state index in [4.69, 9.17) is 4.74 Å². The largest absolute Gasteiger partial charge is 0.392 e. The molecule has 5 nitrogen and oxygen atoms in total. The number of ether oxygens (including phenoxy) is 1. The van der Waals surface area contributed by atoms with Gasteiger partial charge in [0.05, 0.1) is 25.3 Å². The quantitative estimate of drug-likeness (QED) is 0.831. The van der Waals surface area contributed by atoms with E-state index in [9.17, 15) is 14.3 Å². The summed E-state index contributed by atoms with van der Waals surface area (Å²) in [6.45, 7) is 1.93. The smallest absolute Gasteiger partial charge is 0.239 e. The van der Waals surface area contributed by atoms with Gasteiger partial charge in [0.25, 0.3) is 0 Å². The third kappa shape index (κ3) is 3.23. The molecule has 0 aromatic heterocycles. The highest BCUT2D eigenvalue weighted by atomic mass is 19.1. The molecule has 6 heteroatoms. The molecule has 21 heavy (non-hydrogen) atoms. The van der Waals surface area contributed by atoms with Crippen LogP contribution in [0.2, 0.25) is 0 Å². The van der Waals surface area contributed by atoms with Crippen LogP contribution in [0.5, 0.6) is 0 Å². The van der Waals surface area contributed by atoms with Crippen LogP contribution in [0, 0.1) is 5.82 Å². The van der Waals surface area contributed by atoms with Gasteiger partial charge in [-0.3, -0.25) is 4.79 Å². The lowest BCUT2D eigenvalue weighted by Crippen LogP contribution is -2.49. The number of aliphatic hydroxyl groups is 1. The number of nitrogens with zero attached hydrogens (tertiary/aromatic N) is 1. The summed E-state index contributed by atoms with van der Waals surface area (Å²) in [7, 11) is 0. The number of halogens is 1. The lowest BCUT2D eigenvalue weighted by molar-refractivity contribution is -0.141. The molecule has 1 amide bonds. The monoisotopic (exact) mass is 294 g/mol. The van der Waals surface area contributed by atoms with Crippen LogP contribution in [0.25, 0.3) is 0 Å². The van der Waals surface area contributed by atoms with Crippen LogP contribution in [0.1, 0.15) is 18.1 Å². The molecule has 114 valence electrons. The second kappa shape index (κ2) is 6.09.